The molecule has 0 radical (unpaired) electrons. The van der Waals surface area contributed by atoms with E-state index in [0.717, 1.165) is 25.1 Å². The number of carbonyl (C=O) groups is 1. The van der Waals surface area contributed by atoms with Gasteiger partial charge in [-0.25, -0.2) is 9.07 Å². The van der Waals surface area contributed by atoms with E-state index in [1.807, 2.05) is 0 Å². The van der Waals surface area contributed by atoms with Crippen LogP contribution in [0.2, 0.25) is 0 Å². The second kappa shape index (κ2) is 7.67. The molecule has 9 heteroatoms. The summed E-state index contributed by atoms with van der Waals surface area (Å²) in [4.78, 5) is 14.2. The number of likely N-dealkylation sites (tertiary alicyclic amines) is 1. The van der Waals surface area contributed by atoms with Gasteiger partial charge in [-0.05, 0) is 44.5 Å². The third-order valence-corrected chi connectivity index (χ3v) is 4.65. The molecule has 2 heterocycles. The van der Waals surface area contributed by atoms with E-state index in [1.54, 1.807) is 7.05 Å². The maximum Gasteiger partial charge on any atom is 0.434 e. The van der Waals surface area contributed by atoms with Gasteiger partial charge in [-0.15, -0.1) is 0 Å². The van der Waals surface area contributed by atoms with Crippen LogP contribution in [-0.2, 0) is 6.18 Å². The zero-order chi connectivity index (χ0) is 19.6. The molecule has 1 atom stereocenters. The van der Waals surface area contributed by atoms with Crippen LogP contribution in [0.25, 0.3) is 5.69 Å². The number of hydrogen-bond donors (Lipinski definition) is 1. The number of halogens is 4. The number of rotatable bonds is 4. The van der Waals surface area contributed by atoms with Gasteiger partial charge >= 0.3 is 6.18 Å². The zero-order valence-corrected chi connectivity index (χ0v) is 14.8. The number of carbonyl (C=O) groups excluding carboxylic acids is 1. The molecule has 146 valence electrons. The Morgan fingerprint density at radius 1 is 1.33 bits per heavy atom. The number of alkyl halides is 3. The molecule has 0 bridgehead atoms. The fourth-order valence-electron chi connectivity index (χ4n) is 3.46. The average molecular weight is 384 g/mol. The lowest BCUT2D eigenvalue weighted by atomic mass is 9.97. The highest BCUT2D eigenvalue weighted by Gasteiger charge is 2.42. The summed E-state index contributed by atoms with van der Waals surface area (Å²) in [6, 6.07) is 5.02. The summed E-state index contributed by atoms with van der Waals surface area (Å²) in [5.74, 6) is -1.40. The fraction of sp³-hybridized carbons (Fsp3) is 0.444. The molecule has 1 unspecified atom stereocenters. The van der Waals surface area contributed by atoms with E-state index < -0.39 is 29.2 Å². The molecule has 1 saturated heterocycles. The predicted molar refractivity (Wildman–Crippen MR) is 91.1 cm³/mol. The highest BCUT2D eigenvalue weighted by molar-refractivity contribution is 5.95. The van der Waals surface area contributed by atoms with Crippen LogP contribution in [0.4, 0.5) is 17.6 Å². The Hall–Kier alpha value is -2.42. The van der Waals surface area contributed by atoms with Crippen molar-refractivity contribution in [1.29, 1.82) is 0 Å². The molecule has 1 N–H and O–H groups in total. The Balaban J connectivity index is 1.99. The highest BCUT2D eigenvalue weighted by Crippen LogP contribution is 2.35. The third-order valence-electron chi connectivity index (χ3n) is 4.65. The minimum absolute atomic E-state index is 0.184. The molecule has 1 aliphatic rings. The van der Waals surface area contributed by atoms with E-state index in [4.69, 9.17) is 0 Å². The van der Waals surface area contributed by atoms with Gasteiger partial charge in [0, 0.05) is 13.1 Å². The fourth-order valence-corrected chi connectivity index (χ4v) is 3.46. The Morgan fingerprint density at radius 2 is 2.07 bits per heavy atom. The zero-order valence-electron chi connectivity index (χ0n) is 14.8. The predicted octanol–water partition coefficient (Wildman–Crippen LogP) is 3.10. The van der Waals surface area contributed by atoms with Gasteiger partial charge in [0.2, 0.25) is 0 Å². The summed E-state index contributed by atoms with van der Waals surface area (Å²) in [6.45, 7) is 1.45. The molecule has 1 amide bonds. The number of benzene rings is 1. The largest absolute Gasteiger partial charge is 0.434 e. The minimum Gasteiger partial charge on any atom is -0.338 e. The SMILES string of the molecule is CNCC1CCCN(C(=O)c2cnn(-c3ccccc3F)c2C(F)(F)F)C1. The van der Waals surface area contributed by atoms with E-state index in [0.29, 0.717) is 24.3 Å². The summed E-state index contributed by atoms with van der Waals surface area (Å²) < 4.78 is 55.6. The van der Waals surface area contributed by atoms with E-state index in [9.17, 15) is 22.4 Å². The van der Waals surface area contributed by atoms with Gasteiger partial charge in [-0.3, -0.25) is 4.79 Å². The quantitative estimate of drug-likeness (QED) is 0.825. The monoisotopic (exact) mass is 384 g/mol. The number of piperidine rings is 1. The second-order valence-corrected chi connectivity index (χ2v) is 6.58. The molecule has 0 saturated carbocycles. The highest BCUT2D eigenvalue weighted by atomic mass is 19.4. The molecule has 27 heavy (non-hydrogen) atoms. The van der Waals surface area contributed by atoms with Crippen molar-refractivity contribution in [2.75, 3.05) is 26.7 Å². The summed E-state index contributed by atoms with van der Waals surface area (Å²) in [7, 11) is 1.79. The Morgan fingerprint density at radius 3 is 2.74 bits per heavy atom. The minimum atomic E-state index is -4.86. The van der Waals surface area contributed by atoms with Gasteiger partial charge in [0.1, 0.15) is 11.5 Å². The van der Waals surface area contributed by atoms with E-state index in [-0.39, 0.29) is 11.6 Å². The molecule has 0 aliphatic carbocycles. The van der Waals surface area contributed by atoms with Crippen molar-refractivity contribution < 1.29 is 22.4 Å². The Kier molecular flexibility index (Phi) is 5.50. The number of amides is 1. The first-order chi connectivity index (χ1) is 12.8. The number of nitrogens with one attached hydrogen (secondary N) is 1. The number of hydrogen-bond acceptors (Lipinski definition) is 3. The van der Waals surface area contributed by atoms with Crippen LogP contribution >= 0.6 is 0 Å². The second-order valence-electron chi connectivity index (χ2n) is 6.58. The summed E-state index contributed by atoms with van der Waals surface area (Å²) in [5.41, 5.74) is -2.17. The van der Waals surface area contributed by atoms with Crippen molar-refractivity contribution in [3.8, 4) is 5.69 Å². The molecule has 2 aromatic rings. The smallest absolute Gasteiger partial charge is 0.338 e. The maximum atomic E-state index is 14.0. The van der Waals surface area contributed by atoms with Crippen molar-refractivity contribution in [2.24, 2.45) is 5.92 Å². The van der Waals surface area contributed by atoms with Crippen molar-refractivity contribution in [3.63, 3.8) is 0 Å². The summed E-state index contributed by atoms with van der Waals surface area (Å²) in [5, 5.41) is 6.71. The van der Waals surface area contributed by atoms with E-state index >= 15 is 0 Å². The molecular formula is C18H20F4N4O. The maximum absolute atomic E-state index is 14.0. The van der Waals surface area contributed by atoms with Crippen LogP contribution in [0.1, 0.15) is 28.9 Å². The van der Waals surface area contributed by atoms with Crippen molar-refractivity contribution in [3.05, 3.63) is 47.5 Å². The topological polar surface area (TPSA) is 50.2 Å². The number of aromatic nitrogens is 2. The molecule has 0 spiro atoms. The van der Waals surface area contributed by atoms with Gasteiger partial charge in [0.05, 0.1) is 11.8 Å². The van der Waals surface area contributed by atoms with Crippen LogP contribution < -0.4 is 5.32 Å². The molecule has 1 aromatic heterocycles. The van der Waals surface area contributed by atoms with Crippen LogP contribution in [0, 0.1) is 11.7 Å². The van der Waals surface area contributed by atoms with E-state index in [2.05, 4.69) is 10.4 Å². The lowest BCUT2D eigenvalue weighted by Gasteiger charge is -2.32. The van der Waals surface area contributed by atoms with Gasteiger partial charge in [-0.2, -0.15) is 18.3 Å². The molecule has 1 aromatic carbocycles. The van der Waals surface area contributed by atoms with Crippen LogP contribution in [-0.4, -0.2) is 47.3 Å². The molecule has 3 rings (SSSR count). The third kappa shape index (κ3) is 3.97. The number of para-hydroxylation sites is 1. The first-order valence-electron chi connectivity index (χ1n) is 8.67. The lowest BCUT2D eigenvalue weighted by molar-refractivity contribution is -0.143. The van der Waals surface area contributed by atoms with Gasteiger partial charge in [0.15, 0.2) is 5.69 Å². The van der Waals surface area contributed by atoms with E-state index in [1.165, 1.54) is 23.1 Å². The molecular weight excluding hydrogens is 364 g/mol. The van der Waals surface area contributed by atoms with Gasteiger partial charge < -0.3 is 10.2 Å². The van der Waals surface area contributed by atoms with Gasteiger partial charge in [0.25, 0.3) is 5.91 Å². The summed E-state index contributed by atoms with van der Waals surface area (Å²) >= 11 is 0. The van der Waals surface area contributed by atoms with Crippen LogP contribution in [0.3, 0.4) is 0 Å². The average Bonchev–Trinajstić information content (AvgIpc) is 3.07. The molecule has 1 aliphatic heterocycles. The summed E-state index contributed by atoms with van der Waals surface area (Å²) in [6.07, 6.45) is -2.35. The normalized spacial score (nSPS) is 18.0. The van der Waals surface area contributed by atoms with Crippen molar-refractivity contribution in [2.45, 2.75) is 19.0 Å². The van der Waals surface area contributed by atoms with Crippen LogP contribution in [0.15, 0.2) is 30.5 Å². The first kappa shape index (κ1) is 19.3. The Labute approximate surface area is 154 Å². The first-order valence-corrected chi connectivity index (χ1v) is 8.67. The standard InChI is InChI=1S/C18H20F4N4O/c1-23-9-12-5-4-8-25(11-12)17(27)13-10-24-26(16(13)18(20,21)22)15-7-3-2-6-14(15)19/h2-3,6-7,10,12,23H,4-5,8-9,11H2,1H3. The Bertz CT molecular complexity index is 816. The molecule has 5 nitrogen and oxygen atoms in total. The van der Waals surface area contributed by atoms with Crippen molar-refractivity contribution >= 4 is 5.91 Å². The van der Waals surface area contributed by atoms with Crippen LogP contribution in [0.5, 0.6) is 0 Å². The van der Waals surface area contributed by atoms with Gasteiger partial charge in [-0.1, -0.05) is 12.1 Å². The molecule has 1 fully saturated rings. The number of nitrogens with zero attached hydrogens (tertiary/aromatic N) is 3. The lowest BCUT2D eigenvalue weighted by Crippen LogP contribution is -2.43. The van der Waals surface area contributed by atoms with Crippen molar-refractivity contribution in [1.82, 2.24) is 20.0 Å².